The first-order valence-corrected chi connectivity index (χ1v) is 6.59. The van der Waals surface area contributed by atoms with Gasteiger partial charge in [-0.2, -0.15) is 5.10 Å². The molecule has 0 bridgehead atoms. The Bertz CT molecular complexity index is 605. The minimum Gasteiger partial charge on any atom is -0.478 e. The van der Waals surface area contributed by atoms with Crippen LogP contribution in [0.25, 0.3) is 0 Å². The first-order valence-electron chi connectivity index (χ1n) is 6.59. The molecule has 0 aliphatic heterocycles. The summed E-state index contributed by atoms with van der Waals surface area (Å²) in [5.41, 5.74) is 3.36. The molecule has 2 rings (SSSR count). The maximum absolute atomic E-state index is 11.1. The monoisotopic (exact) mass is 273 g/mol. The highest BCUT2D eigenvalue weighted by Gasteiger charge is 2.08. The van der Waals surface area contributed by atoms with E-state index in [0.29, 0.717) is 12.0 Å². The molecule has 0 saturated heterocycles. The summed E-state index contributed by atoms with van der Waals surface area (Å²) in [7, 11) is 1.92. The average Bonchev–Trinajstić information content (AvgIpc) is 2.73. The molecule has 2 N–H and O–H groups in total. The molecule has 0 saturated carbocycles. The number of hydrogen-bond acceptors (Lipinski definition) is 3. The molecule has 1 heterocycles. The maximum atomic E-state index is 11.1. The van der Waals surface area contributed by atoms with Crippen molar-refractivity contribution in [2.75, 3.05) is 6.54 Å². The number of aromatic carboxylic acids is 1. The molecule has 5 nitrogen and oxygen atoms in total. The molecule has 5 heteroatoms. The van der Waals surface area contributed by atoms with Crippen LogP contribution in [0.15, 0.2) is 30.3 Å². The number of aryl methyl sites for hydroxylation is 2. The fourth-order valence-electron chi connectivity index (χ4n) is 2.22. The van der Waals surface area contributed by atoms with Crippen LogP contribution in [-0.2, 0) is 20.0 Å². The third kappa shape index (κ3) is 3.45. The van der Waals surface area contributed by atoms with Gasteiger partial charge in [0, 0.05) is 13.6 Å². The molecule has 2 aromatic rings. The van der Waals surface area contributed by atoms with Crippen molar-refractivity contribution in [3.8, 4) is 0 Å². The van der Waals surface area contributed by atoms with Crippen molar-refractivity contribution in [1.29, 1.82) is 0 Å². The molecule has 0 spiro atoms. The fourth-order valence-corrected chi connectivity index (χ4v) is 2.22. The molecule has 0 amide bonds. The van der Waals surface area contributed by atoms with Gasteiger partial charge in [0.2, 0.25) is 0 Å². The first kappa shape index (κ1) is 14.3. The fraction of sp³-hybridized carbons (Fsp3) is 0.333. The van der Waals surface area contributed by atoms with E-state index in [4.69, 9.17) is 5.11 Å². The van der Waals surface area contributed by atoms with Crippen molar-refractivity contribution < 1.29 is 9.90 Å². The predicted octanol–water partition coefficient (Wildman–Crippen LogP) is 1.76. The van der Waals surface area contributed by atoms with E-state index in [1.54, 1.807) is 12.1 Å². The zero-order valence-electron chi connectivity index (χ0n) is 11.8. The number of nitrogens with one attached hydrogen (secondary N) is 1. The minimum absolute atomic E-state index is 0.380. The number of carboxylic acids is 1. The zero-order valence-corrected chi connectivity index (χ0v) is 11.8. The highest BCUT2D eigenvalue weighted by molar-refractivity contribution is 5.89. The van der Waals surface area contributed by atoms with Gasteiger partial charge in [-0.3, -0.25) is 4.68 Å². The molecule has 0 unspecified atom stereocenters. The molecule has 106 valence electrons. The number of carbonyl (C=O) groups is 1. The molecule has 1 aromatic heterocycles. The Morgan fingerprint density at radius 2 is 2.15 bits per heavy atom. The topological polar surface area (TPSA) is 67.2 Å². The molecule has 0 radical (unpaired) electrons. The van der Waals surface area contributed by atoms with E-state index < -0.39 is 5.97 Å². The third-order valence-electron chi connectivity index (χ3n) is 3.22. The second kappa shape index (κ2) is 6.34. The van der Waals surface area contributed by atoms with Gasteiger partial charge in [0.1, 0.15) is 0 Å². The Hall–Kier alpha value is -2.14. The van der Waals surface area contributed by atoms with Crippen LogP contribution in [0.4, 0.5) is 0 Å². The summed E-state index contributed by atoms with van der Waals surface area (Å²) in [6.07, 6.45) is 0.694. The van der Waals surface area contributed by atoms with Crippen molar-refractivity contribution in [1.82, 2.24) is 15.1 Å². The van der Waals surface area contributed by atoms with E-state index in [2.05, 4.69) is 10.4 Å². The van der Waals surface area contributed by atoms with Gasteiger partial charge < -0.3 is 10.4 Å². The maximum Gasteiger partial charge on any atom is 0.335 e. The summed E-state index contributed by atoms with van der Waals surface area (Å²) in [6.45, 7) is 3.42. The van der Waals surface area contributed by atoms with Gasteiger partial charge in [-0.1, -0.05) is 18.2 Å². The van der Waals surface area contributed by atoms with Gasteiger partial charge in [-0.05, 0) is 37.6 Å². The second-order valence-electron chi connectivity index (χ2n) is 4.79. The lowest BCUT2D eigenvalue weighted by atomic mass is 10.0. The van der Waals surface area contributed by atoms with E-state index in [1.807, 2.05) is 36.9 Å². The molecule has 20 heavy (non-hydrogen) atoms. The molecule has 1 aromatic carbocycles. The van der Waals surface area contributed by atoms with Gasteiger partial charge in [-0.25, -0.2) is 4.79 Å². The quantitative estimate of drug-likeness (QED) is 0.787. The lowest BCUT2D eigenvalue weighted by molar-refractivity contribution is 0.0695. The Morgan fingerprint density at radius 1 is 1.40 bits per heavy atom. The normalized spacial score (nSPS) is 10.7. The number of benzene rings is 1. The third-order valence-corrected chi connectivity index (χ3v) is 3.22. The number of rotatable bonds is 6. The molecule has 0 aliphatic carbocycles. The summed E-state index contributed by atoms with van der Waals surface area (Å²) < 4.78 is 1.85. The van der Waals surface area contributed by atoms with Crippen LogP contribution in [-0.4, -0.2) is 27.4 Å². The van der Waals surface area contributed by atoms with Crippen LogP contribution in [0.2, 0.25) is 0 Å². The summed E-state index contributed by atoms with van der Waals surface area (Å²) >= 11 is 0. The Morgan fingerprint density at radius 3 is 2.80 bits per heavy atom. The number of nitrogens with zero attached hydrogens (tertiary/aromatic N) is 2. The van der Waals surface area contributed by atoms with Crippen LogP contribution in [0.1, 0.15) is 27.3 Å². The number of aromatic nitrogens is 2. The van der Waals surface area contributed by atoms with Gasteiger partial charge in [-0.15, -0.1) is 0 Å². The zero-order chi connectivity index (χ0) is 14.5. The van der Waals surface area contributed by atoms with Crippen LogP contribution >= 0.6 is 0 Å². The summed E-state index contributed by atoms with van der Waals surface area (Å²) in [4.78, 5) is 11.1. The van der Waals surface area contributed by atoms with E-state index in [0.717, 1.165) is 30.0 Å². The molecular formula is C15H19N3O2. The molecule has 0 fully saturated rings. The Labute approximate surface area is 118 Å². The van der Waals surface area contributed by atoms with Gasteiger partial charge in [0.05, 0.1) is 17.0 Å². The molecular weight excluding hydrogens is 254 g/mol. The lowest BCUT2D eigenvalue weighted by Crippen LogP contribution is -2.19. The van der Waals surface area contributed by atoms with Crippen molar-refractivity contribution >= 4 is 5.97 Å². The second-order valence-corrected chi connectivity index (χ2v) is 4.79. The van der Waals surface area contributed by atoms with E-state index in [1.165, 1.54) is 0 Å². The van der Waals surface area contributed by atoms with Crippen molar-refractivity contribution in [3.63, 3.8) is 0 Å². The molecule has 0 atom stereocenters. The van der Waals surface area contributed by atoms with Crippen LogP contribution < -0.4 is 5.32 Å². The molecule has 0 aliphatic rings. The van der Waals surface area contributed by atoms with Crippen LogP contribution in [0, 0.1) is 6.92 Å². The Balaban J connectivity index is 1.88. The van der Waals surface area contributed by atoms with Gasteiger partial charge in [0.15, 0.2) is 0 Å². The standard InChI is InChI=1S/C15H19N3O2/c1-11-9-13(18(2)17-11)10-16-8-7-12-5-3-4-6-14(12)15(19)20/h3-6,9,16H,7-8,10H2,1-2H3,(H,19,20). The SMILES string of the molecule is Cc1cc(CNCCc2ccccc2C(=O)O)n(C)n1. The van der Waals surface area contributed by atoms with Crippen molar-refractivity contribution in [2.24, 2.45) is 7.05 Å². The van der Waals surface area contributed by atoms with E-state index >= 15 is 0 Å². The van der Waals surface area contributed by atoms with E-state index in [-0.39, 0.29) is 0 Å². The summed E-state index contributed by atoms with van der Waals surface area (Å²) in [5.74, 6) is -0.872. The highest BCUT2D eigenvalue weighted by Crippen LogP contribution is 2.09. The largest absolute Gasteiger partial charge is 0.478 e. The first-order chi connectivity index (χ1) is 9.58. The number of hydrogen-bond donors (Lipinski definition) is 2. The summed E-state index contributed by atoms with van der Waals surface area (Å²) in [5, 5.41) is 16.7. The smallest absolute Gasteiger partial charge is 0.335 e. The van der Waals surface area contributed by atoms with E-state index in [9.17, 15) is 4.79 Å². The Kier molecular flexibility index (Phi) is 4.53. The van der Waals surface area contributed by atoms with Crippen molar-refractivity contribution in [3.05, 3.63) is 52.8 Å². The highest BCUT2D eigenvalue weighted by atomic mass is 16.4. The van der Waals surface area contributed by atoms with Crippen LogP contribution in [0.3, 0.4) is 0 Å². The summed E-state index contributed by atoms with van der Waals surface area (Å²) in [6, 6.07) is 9.16. The van der Waals surface area contributed by atoms with Gasteiger partial charge in [0.25, 0.3) is 0 Å². The van der Waals surface area contributed by atoms with Gasteiger partial charge >= 0.3 is 5.97 Å². The predicted molar refractivity (Wildman–Crippen MR) is 76.8 cm³/mol. The average molecular weight is 273 g/mol. The minimum atomic E-state index is -0.872. The number of carboxylic acid groups (broad SMARTS) is 1. The van der Waals surface area contributed by atoms with Crippen molar-refractivity contribution in [2.45, 2.75) is 19.9 Å². The lowest BCUT2D eigenvalue weighted by Gasteiger charge is -2.07. The van der Waals surface area contributed by atoms with Crippen LogP contribution in [0.5, 0.6) is 0 Å².